The van der Waals surface area contributed by atoms with Gasteiger partial charge in [0.05, 0.1) is 12.7 Å². The number of esters is 1. The molecule has 1 aliphatic rings. The smallest absolute Gasteiger partial charge is 0.325 e. The van der Waals surface area contributed by atoms with Gasteiger partial charge in [0.2, 0.25) is 0 Å². The van der Waals surface area contributed by atoms with Gasteiger partial charge < -0.3 is 9.47 Å². The van der Waals surface area contributed by atoms with Crippen LogP contribution in [0.1, 0.15) is 51.2 Å². The van der Waals surface area contributed by atoms with E-state index in [1.54, 1.807) is 6.92 Å². The lowest BCUT2D eigenvalue weighted by molar-refractivity contribution is -0.235. The van der Waals surface area contributed by atoms with Crippen molar-refractivity contribution in [2.75, 3.05) is 6.61 Å². The van der Waals surface area contributed by atoms with E-state index in [4.69, 9.17) is 14.3 Å². The third kappa shape index (κ3) is 4.80. The predicted molar refractivity (Wildman–Crippen MR) is 82.8 cm³/mol. The molecule has 0 aromatic heterocycles. The number of hydrogen-bond acceptors (Lipinski definition) is 5. The van der Waals surface area contributed by atoms with Crippen molar-refractivity contribution in [2.24, 2.45) is 0 Å². The molecule has 0 aliphatic carbocycles. The van der Waals surface area contributed by atoms with E-state index in [2.05, 4.69) is 24.5 Å². The Balaban J connectivity index is 1.86. The molecule has 2 rings (SSSR count). The van der Waals surface area contributed by atoms with Gasteiger partial charge in [-0.1, -0.05) is 43.7 Å². The van der Waals surface area contributed by atoms with Gasteiger partial charge in [0.15, 0.2) is 6.29 Å². The molecule has 1 N–H and O–H groups in total. The Morgan fingerprint density at radius 2 is 2.09 bits per heavy atom. The third-order valence-electron chi connectivity index (χ3n) is 3.64. The first kappa shape index (κ1) is 16.9. The van der Waals surface area contributed by atoms with Crippen LogP contribution in [0.25, 0.3) is 0 Å². The summed E-state index contributed by atoms with van der Waals surface area (Å²) in [6, 6.07) is 9.75. The van der Waals surface area contributed by atoms with Gasteiger partial charge in [0, 0.05) is 6.42 Å². The fourth-order valence-electron chi connectivity index (χ4n) is 2.51. The summed E-state index contributed by atoms with van der Waals surface area (Å²) in [6.45, 7) is 4.31. The quantitative estimate of drug-likeness (QED) is 0.784. The second-order valence-electron chi connectivity index (χ2n) is 5.37. The van der Waals surface area contributed by atoms with E-state index in [-0.39, 0.29) is 18.4 Å². The number of carbonyl (C=O) groups excluding carboxylic acids is 1. The minimum Gasteiger partial charge on any atom is -0.465 e. The Morgan fingerprint density at radius 1 is 1.32 bits per heavy atom. The van der Waals surface area contributed by atoms with Gasteiger partial charge in [-0.15, -0.1) is 0 Å². The fraction of sp³-hybridized carbons (Fsp3) is 0.588. The summed E-state index contributed by atoms with van der Waals surface area (Å²) in [4.78, 5) is 17.1. The number of rotatable bonds is 7. The molecule has 1 aromatic carbocycles. The van der Waals surface area contributed by atoms with Gasteiger partial charge in [-0.3, -0.25) is 9.63 Å². The fourth-order valence-corrected chi connectivity index (χ4v) is 2.51. The summed E-state index contributed by atoms with van der Waals surface area (Å²) in [6.07, 6.45) is 2.95. The van der Waals surface area contributed by atoms with Crippen molar-refractivity contribution in [3.05, 3.63) is 35.9 Å². The van der Waals surface area contributed by atoms with Crippen LogP contribution in [0.2, 0.25) is 0 Å². The van der Waals surface area contributed by atoms with Gasteiger partial charge in [-0.05, 0) is 25.3 Å². The lowest BCUT2D eigenvalue weighted by atomic mass is 10.0. The van der Waals surface area contributed by atoms with Gasteiger partial charge in [-0.2, -0.15) is 5.48 Å². The van der Waals surface area contributed by atoms with E-state index in [9.17, 15) is 4.79 Å². The second kappa shape index (κ2) is 8.88. The number of benzene rings is 1. The summed E-state index contributed by atoms with van der Waals surface area (Å²) in [7, 11) is 0. The van der Waals surface area contributed by atoms with Crippen molar-refractivity contribution in [1.82, 2.24) is 5.48 Å². The van der Waals surface area contributed by atoms with Crippen molar-refractivity contribution in [1.29, 1.82) is 0 Å². The van der Waals surface area contributed by atoms with Crippen LogP contribution >= 0.6 is 0 Å². The molecular weight excluding hydrogens is 282 g/mol. The van der Waals surface area contributed by atoms with Gasteiger partial charge in [0.1, 0.15) is 6.04 Å². The standard InChI is InChI=1S/C17H25NO4/c1-3-8-15(13-9-6-5-7-10-13)21-16-12-11-14(18-22-16)17(19)20-4-2/h5-7,9-10,14-16,18H,3-4,8,11-12H2,1-2H3/t14-,15-,16+/m1/s1. The number of carbonyl (C=O) groups is 1. The van der Waals surface area contributed by atoms with Crippen LogP contribution in [0.5, 0.6) is 0 Å². The lowest BCUT2D eigenvalue weighted by Gasteiger charge is -2.31. The Hall–Kier alpha value is -1.43. The maximum Gasteiger partial charge on any atom is 0.325 e. The zero-order valence-electron chi connectivity index (χ0n) is 13.3. The van der Waals surface area contributed by atoms with Gasteiger partial charge in [-0.25, -0.2) is 0 Å². The first-order valence-corrected chi connectivity index (χ1v) is 8.02. The maximum absolute atomic E-state index is 11.6. The normalized spacial score (nSPS) is 23.0. The molecule has 0 saturated carbocycles. The molecule has 22 heavy (non-hydrogen) atoms. The van der Waals surface area contributed by atoms with Crippen LogP contribution in [-0.2, 0) is 19.1 Å². The van der Waals surface area contributed by atoms with Crippen LogP contribution < -0.4 is 5.48 Å². The topological polar surface area (TPSA) is 56.8 Å². The highest BCUT2D eigenvalue weighted by atomic mass is 16.8. The van der Waals surface area contributed by atoms with Crippen LogP contribution in [0.4, 0.5) is 0 Å². The zero-order valence-corrected chi connectivity index (χ0v) is 13.3. The summed E-state index contributed by atoms with van der Waals surface area (Å²) in [5.41, 5.74) is 3.91. The van der Waals surface area contributed by atoms with E-state index in [0.717, 1.165) is 18.4 Å². The molecule has 5 heteroatoms. The van der Waals surface area contributed by atoms with E-state index in [0.29, 0.717) is 19.4 Å². The molecule has 0 spiro atoms. The maximum atomic E-state index is 11.6. The molecule has 5 nitrogen and oxygen atoms in total. The minimum atomic E-state index is -0.402. The molecule has 3 atom stereocenters. The summed E-state index contributed by atoms with van der Waals surface area (Å²) in [5, 5.41) is 0. The van der Waals surface area contributed by atoms with Crippen LogP contribution in [0.3, 0.4) is 0 Å². The van der Waals surface area contributed by atoms with Crippen LogP contribution in [0.15, 0.2) is 30.3 Å². The molecule has 122 valence electrons. The van der Waals surface area contributed by atoms with Crippen LogP contribution in [0, 0.1) is 0 Å². The third-order valence-corrected chi connectivity index (χ3v) is 3.64. The van der Waals surface area contributed by atoms with Crippen molar-refractivity contribution in [3.63, 3.8) is 0 Å². The predicted octanol–water partition coefficient (Wildman–Crippen LogP) is 3.12. The first-order valence-electron chi connectivity index (χ1n) is 8.02. The Bertz CT molecular complexity index is 443. The highest BCUT2D eigenvalue weighted by Crippen LogP contribution is 2.27. The van der Waals surface area contributed by atoms with Crippen molar-refractivity contribution in [3.8, 4) is 0 Å². The zero-order chi connectivity index (χ0) is 15.8. The molecule has 0 amide bonds. The van der Waals surface area contributed by atoms with E-state index < -0.39 is 6.04 Å². The second-order valence-corrected chi connectivity index (χ2v) is 5.37. The number of ether oxygens (including phenoxy) is 2. The molecule has 1 saturated heterocycles. The SMILES string of the molecule is CCC[C@@H](O[C@@H]1CC[C@H](C(=O)OCC)NO1)c1ccccc1. The highest BCUT2D eigenvalue weighted by Gasteiger charge is 2.29. The van der Waals surface area contributed by atoms with E-state index in [1.165, 1.54) is 0 Å². The Kier molecular flexibility index (Phi) is 6.83. The van der Waals surface area contributed by atoms with E-state index >= 15 is 0 Å². The van der Waals surface area contributed by atoms with Crippen molar-refractivity contribution in [2.45, 2.75) is 58.0 Å². The molecule has 0 unspecified atom stereocenters. The largest absolute Gasteiger partial charge is 0.465 e. The average molecular weight is 307 g/mol. The Morgan fingerprint density at radius 3 is 2.68 bits per heavy atom. The minimum absolute atomic E-state index is 0.0112. The number of hydrogen-bond donors (Lipinski definition) is 1. The van der Waals surface area contributed by atoms with Crippen LogP contribution in [-0.4, -0.2) is 24.9 Å². The molecule has 1 heterocycles. The number of hydroxylamine groups is 1. The molecule has 0 bridgehead atoms. The summed E-state index contributed by atoms with van der Waals surface area (Å²) >= 11 is 0. The highest BCUT2D eigenvalue weighted by molar-refractivity contribution is 5.75. The number of nitrogens with one attached hydrogen (secondary N) is 1. The lowest BCUT2D eigenvalue weighted by Crippen LogP contribution is -2.46. The molecule has 1 aliphatic heterocycles. The van der Waals surface area contributed by atoms with Gasteiger partial charge in [0.25, 0.3) is 0 Å². The van der Waals surface area contributed by atoms with Crippen molar-refractivity contribution >= 4 is 5.97 Å². The van der Waals surface area contributed by atoms with Gasteiger partial charge >= 0.3 is 5.97 Å². The summed E-state index contributed by atoms with van der Waals surface area (Å²) in [5.74, 6) is -0.269. The molecule has 0 radical (unpaired) electrons. The molecular formula is C17H25NO4. The summed E-state index contributed by atoms with van der Waals surface area (Å²) < 4.78 is 11.1. The average Bonchev–Trinajstić information content (AvgIpc) is 2.56. The van der Waals surface area contributed by atoms with Crippen molar-refractivity contribution < 1.29 is 19.1 Å². The molecule has 1 fully saturated rings. The Labute approximate surface area is 131 Å². The first-order chi connectivity index (χ1) is 10.7. The monoisotopic (exact) mass is 307 g/mol. The molecule has 1 aromatic rings. The van der Waals surface area contributed by atoms with E-state index in [1.807, 2.05) is 18.2 Å².